The number of carbonyl (C=O) groups is 1. The molecular formula is C21H16FN3OS. The summed E-state index contributed by atoms with van der Waals surface area (Å²) < 4.78 is 16.5. The minimum Gasteiger partial charge on any atom is -0.329 e. The summed E-state index contributed by atoms with van der Waals surface area (Å²) in [7, 11) is 1.88. The molecule has 6 heteroatoms. The third-order valence-electron chi connectivity index (χ3n) is 4.96. The van der Waals surface area contributed by atoms with Crippen LogP contribution < -0.4 is 0 Å². The van der Waals surface area contributed by atoms with Crippen molar-refractivity contribution >= 4 is 28.1 Å². The molecule has 4 aromatic rings. The molecular weight excluding hydrogens is 361 g/mol. The van der Waals surface area contributed by atoms with Gasteiger partial charge in [-0.15, -0.1) is 11.3 Å². The number of hydrogen-bond acceptors (Lipinski definition) is 3. The predicted molar refractivity (Wildman–Crippen MR) is 104 cm³/mol. The van der Waals surface area contributed by atoms with Gasteiger partial charge in [0.1, 0.15) is 5.82 Å². The zero-order valence-electron chi connectivity index (χ0n) is 14.6. The Bertz CT molecular complexity index is 1190. The van der Waals surface area contributed by atoms with Crippen LogP contribution in [-0.4, -0.2) is 20.6 Å². The standard InChI is InChI=1S/C21H16FN3OS/c1-24-10-16-8-13(4-5-19(16)23-24)14-2-3-15(18(22)9-14)11-25-12-20-17(21(25)26)6-7-27-20/h2-10H,11-12H2,1H3. The number of hydrogen-bond donors (Lipinski definition) is 0. The van der Waals surface area contributed by atoms with Crippen molar-refractivity contribution < 1.29 is 9.18 Å². The van der Waals surface area contributed by atoms with E-state index in [9.17, 15) is 9.18 Å². The summed E-state index contributed by atoms with van der Waals surface area (Å²) in [6.45, 7) is 0.846. The summed E-state index contributed by atoms with van der Waals surface area (Å²) in [5.41, 5.74) is 3.96. The van der Waals surface area contributed by atoms with E-state index < -0.39 is 0 Å². The zero-order valence-corrected chi connectivity index (χ0v) is 15.5. The van der Waals surface area contributed by atoms with Crippen LogP contribution in [0.3, 0.4) is 0 Å². The van der Waals surface area contributed by atoms with Crippen LogP contribution in [0.1, 0.15) is 20.8 Å². The highest BCUT2D eigenvalue weighted by molar-refractivity contribution is 7.10. The summed E-state index contributed by atoms with van der Waals surface area (Å²) in [6, 6.07) is 13.0. The highest BCUT2D eigenvalue weighted by Gasteiger charge is 2.28. The quantitative estimate of drug-likeness (QED) is 0.523. The average Bonchev–Trinajstić information content (AvgIpc) is 3.32. The molecule has 1 aliphatic rings. The Morgan fingerprint density at radius 2 is 1.96 bits per heavy atom. The van der Waals surface area contributed by atoms with E-state index >= 15 is 0 Å². The molecule has 0 spiro atoms. The van der Waals surface area contributed by atoms with Crippen molar-refractivity contribution in [1.82, 2.24) is 14.7 Å². The minimum absolute atomic E-state index is 0.0169. The number of aromatic nitrogens is 2. The van der Waals surface area contributed by atoms with Crippen LogP contribution in [0.4, 0.5) is 4.39 Å². The lowest BCUT2D eigenvalue weighted by Gasteiger charge is -2.16. The van der Waals surface area contributed by atoms with Crippen LogP contribution in [-0.2, 0) is 20.1 Å². The fourth-order valence-electron chi connectivity index (χ4n) is 3.59. The van der Waals surface area contributed by atoms with Crippen LogP contribution in [0.25, 0.3) is 22.0 Å². The first-order valence-corrected chi connectivity index (χ1v) is 9.54. The predicted octanol–water partition coefficient (Wildman–Crippen LogP) is 4.60. The van der Waals surface area contributed by atoms with Gasteiger partial charge >= 0.3 is 0 Å². The van der Waals surface area contributed by atoms with E-state index in [0.29, 0.717) is 12.1 Å². The van der Waals surface area contributed by atoms with Crippen LogP contribution in [0.2, 0.25) is 0 Å². The molecule has 0 saturated carbocycles. The Balaban J connectivity index is 1.41. The molecule has 27 heavy (non-hydrogen) atoms. The Kier molecular flexibility index (Phi) is 3.62. The van der Waals surface area contributed by atoms with Gasteiger partial charge < -0.3 is 4.90 Å². The smallest absolute Gasteiger partial charge is 0.255 e. The molecule has 0 atom stereocenters. The monoisotopic (exact) mass is 377 g/mol. The number of fused-ring (bicyclic) bond motifs is 2. The topological polar surface area (TPSA) is 38.1 Å². The molecule has 2 aromatic heterocycles. The Labute approximate surface area is 159 Å². The summed E-state index contributed by atoms with van der Waals surface area (Å²) in [6.07, 6.45) is 1.95. The molecule has 3 heterocycles. The van der Waals surface area contributed by atoms with E-state index in [4.69, 9.17) is 0 Å². The molecule has 0 saturated heterocycles. The van der Waals surface area contributed by atoms with E-state index in [1.54, 1.807) is 33.1 Å². The Morgan fingerprint density at radius 3 is 2.78 bits per heavy atom. The second kappa shape index (κ2) is 6.03. The molecule has 0 fully saturated rings. The van der Waals surface area contributed by atoms with Gasteiger partial charge in [0.05, 0.1) is 17.6 Å². The van der Waals surface area contributed by atoms with Crippen molar-refractivity contribution in [2.45, 2.75) is 13.1 Å². The number of thiophene rings is 1. The number of rotatable bonds is 3. The molecule has 5 rings (SSSR count). The van der Waals surface area contributed by atoms with E-state index in [0.717, 1.165) is 32.5 Å². The number of nitrogens with zero attached hydrogens (tertiary/aromatic N) is 3. The molecule has 1 aliphatic heterocycles. The Morgan fingerprint density at radius 1 is 1.15 bits per heavy atom. The first kappa shape index (κ1) is 16.2. The largest absolute Gasteiger partial charge is 0.329 e. The van der Waals surface area contributed by atoms with E-state index in [1.807, 2.05) is 49.0 Å². The van der Waals surface area contributed by atoms with E-state index in [-0.39, 0.29) is 18.3 Å². The number of halogens is 1. The van der Waals surface area contributed by atoms with Gasteiger partial charge in [-0.2, -0.15) is 5.10 Å². The highest BCUT2D eigenvalue weighted by Crippen LogP contribution is 2.30. The first-order valence-electron chi connectivity index (χ1n) is 8.66. The minimum atomic E-state index is -0.290. The maximum absolute atomic E-state index is 14.7. The van der Waals surface area contributed by atoms with Gasteiger partial charge in [0, 0.05) is 35.6 Å². The lowest BCUT2D eigenvalue weighted by Crippen LogP contribution is -2.23. The number of amides is 1. The summed E-state index contributed by atoms with van der Waals surface area (Å²) >= 11 is 1.57. The molecule has 0 aliphatic carbocycles. The Hall–Kier alpha value is -2.99. The lowest BCUT2D eigenvalue weighted by molar-refractivity contribution is 0.0765. The maximum Gasteiger partial charge on any atom is 0.255 e. The third-order valence-corrected chi connectivity index (χ3v) is 5.87. The number of benzene rings is 2. The molecule has 0 unspecified atom stereocenters. The fourth-order valence-corrected chi connectivity index (χ4v) is 4.47. The van der Waals surface area contributed by atoms with Gasteiger partial charge in [0.25, 0.3) is 5.91 Å². The molecule has 2 aromatic carbocycles. The lowest BCUT2D eigenvalue weighted by atomic mass is 10.0. The second-order valence-corrected chi connectivity index (χ2v) is 7.80. The number of carbonyl (C=O) groups excluding carboxylic acids is 1. The number of aryl methyl sites for hydroxylation is 1. The third kappa shape index (κ3) is 2.73. The SMILES string of the molecule is Cn1cc2cc(-c3ccc(CN4Cc5sccc5C4=O)c(F)c3)ccc2n1. The zero-order chi connectivity index (χ0) is 18.5. The van der Waals surface area contributed by atoms with Crippen molar-refractivity contribution in [3.63, 3.8) is 0 Å². The molecule has 1 amide bonds. The fraction of sp³-hybridized carbons (Fsp3) is 0.143. The molecule has 134 valence electrons. The normalized spacial score (nSPS) is 13.6. The first-order chi connectivity index (χ1) is 13.1. The van der Waals surface area contributed by atoms with Crippen LogP contribution in [0, 0.1) is 5.82 Å². The molecule has 4 nitrogen and oxygen atoms in total. The van der Waals surface area contributed by atoms with Gasteiger partial charge in [-0.25, -0.2) is 4.39 Å². The average molecular weight is 377 g/mol. The van der Waals surface area contributed by atoms with Gasteiger partial charge in [0.15, 0.2) is 0 Å². The van der Waals surface area contributed by atoms with Crippen LogP contribution >= 0.6 is 11.3 Å². The summed E-state index contributed by atoms with van der Waals surface area (Å²) in [5, 5.41) is 7.31. The molecule has 0 radical (unpaired) electrons. The van der Waals surface area contributed by atoms with Crippen molar-refractivity contribution in [2.24, 2.45) is 7.05 Å². The maximum atomic E-state index is 14.7. The van der Waals surface area contributed by atoms with Crippen LogP contribution in [0.5, 0.6) is 0 Å². The van der Waals surface area contributed by atoms with Crippen LogP contribution in [0.15, 0.2) is 54.0 Å². The van der Waals surface area contributed by atoms with Crippen molar-refractivity contribution in [3.05, 3.63) is 75.9 Å². The van der Waals surface area contributed by atoms with Gasteiger partial charge in [-0.1, -0.05) is 18.2 Å². The van der Waals surface area contributed by atoms with Gasteiger partial charge in [-0.05, 0) is 40.8 Å². The summed E-state index contributed by atoms with van der Waals surface area (Å²) in [4.78, 5) is 15.1. The van der Waals surface area contributed by atoms with Crippen molar-refractivity contribution in [1.29, 1.82) is 0 Å². The van der Waals surface area contributed by atoms with Crippen molar-refractivity contribution in [3.8, 4) is 11.1 Å². The second-order valence-electron chi connectivity index (χ2n) is 6.80. The highest BCUT2D eigenvalue weighted by atomic mass is 32.1. The van der Waals surface area contributed by atoms with Gasteiger partial charge in [0.2, 0.25) is 0 Å². The van der Waals surface area contributed by atoms with E-state index in [1.165, 1.54) is 0 Å². The molecule has 0 N–H and O–H groups in total. The van der Waals surface area contributed by atoms with Gasteiger partial charge in [-0.3, -0.25) is 9.48 Å². The summed E-state index contributed by atoms with van der Waals surface area (Å²) in [5.74, 6) is -0.307. The molecule has 0 bridgehead atoms. The van der Waals surface area contributed by atoms with Crippen molar-refractivity contribution in [2.75, 3.05) is 0 Å². The van der Waals surface area contributed by atoms with E-state index in [2.05, 4.69) is 5.10 Å².